The Balaban J connectivity index is 0.00000182. The van der Waals surface area contributed by atoms with E-state index in [1.165, 1.54) is 0 Å². The van der Waals surface area contributed by atoms with Gasteiger partial charge >= 0.3 is 0 Å². The predicted octanol–water partition coefficient (Wildman–Crippen LogP) is 2.44. The summed E-state index contributed by atoms with van der Waals surface area (Å²) in [5.41, 5.74) is 0.890. The number of piperidine rings is 1. The maximum Gasteiger partial charge on any atom is 0.249 e. The highest BCUT2D eigenvalue weighted by atomic mass is 35.5. The molecule has 1 aromatic heterocycles. The summed E-state index contributed by atoms with van der Waals surface area (Å²) in [6.45, 7) is 4.24. The molecule has 1 aliphatic heterocycles. The van der Waals surface area contributed by atoms with E-state index in [4.69, 9.17) is 4.52 Å². The summed E-state index contributed by atoms with van der Waals surface area (Å²) in [4.78, 5) is 18.8. The average Bonchev–Trinajstić information content (AvgIpc) is 3.13. The van der Waals surface area contributed by atoms with E-state index in [1.54, 1.807) is 0 Å². The number of nitrogens with one attached hydrogen (secondary N) is 2. The van der Waals surface area contributed by atoms with E-state index in [1.807, 2.05) is 44.3 Å². The average molecular weight is 416 g/mol. The zero-order valence-corrected chi connectivity index (χ0v) is 17.2. The van der Waals surface area contributed by atoms with Gasteiger partial charge in [0.1, 0.15) is 6.04 Å². The molecule has 1 atom stereocenters. The van der Waals surface area contributed by atoms with Crippen LogP contribution in [0.4, 0.5) is 0 Å². The van der Waals surface area contributed by atoms with E-state index in [9.17, 15) is 4.79 Å². The minimum atomic E-state index is -0.320. The number of hydrogen-bond acceptors (Lipinski definition) is 6. The van der Waals surface area contributed by atoms with Gasteiger partial charge in [0, 0.05) is 11.6 Å². The number of aromatic nitrogens is 2. The van der Waals surface area contributed by atoms with E-state index in [2.05, 4.69) is 25.7 Å². The lowest BCUT2D eigenvalue weighted by Gasteiger charge is -2.31. The molecule has 2 aromatic rings. The van der Waals surface area contributed by atoms with Crippen LogP contribution in [0.3, 0.4) is 0 Å². The van der Waals surface area contributed by atoms with Crippen LogP contribution in [-0.2, 0) is 4.79 Å². The summed E-state index contributed by atoms with van der Waals surface area (Å²) in [5, 5.41) is 10.3. The zero-order chi connectivity index (χ0) is 17.6. The number of carbonyl (C=O) groups excluding carboxylic acids is 1. The lowest BCUT2D eigenvalue weighted by Crippen LogP contribution is -2.45. The molecular weight excluding hydrogens is 389 g/mol. The molecule has 0 saturated carbocycles. The molecule has 0 bridgehead atoms. The molecule has 1 aromatic carbocycles. The van der Waals surface area contributed by atoms with Crippen LogP contribution in [0.25, 0.3) is 11.4 Å². The summed E-state index contributed by atoms with van der Waals surface area (Å²) in [7, 11) is 2.00. The Morgan fingerprint density at radius 3 is 2.63 bits per heavy atom. The van der Waals surface area contributed by atoms with Crippen LogP contribution in [0.15, 0.2) is 34.9 Å². The Hall–Kier alpha value is -1.67. The van der Waals surface area contributed by atoms with Gasteiger partial charge in [-0.25, -0.2) is 0 Å². The van der Waals surface area contributed by atoms with Gasteiger partial charge in [-0.1, -0.05) is 35.5 Å². The van der Waals surface area contributed by atoms with Crippen LogP contribution in [0, 0.1) is 0 Å². The Labute approximate surface area is 172 Å². The summed E-state index contributed by atoms with van der Waals surface area (Å²) in [6, 6.07) is 9.76. The first-order chi connectivity index (χ1) is 12.1. The number of nitrogens with zero attached hydrogens (tertiary/aromatic N) is 3. The molecule has 150 valence electrons. The van der Waals surface area contributed by atoms with Crippen molar-refractivity contribution in [2.24, 2.45) is 0 Å². The summed E-state index contributed by atoms with van der Waals surface area (Å²) >= 11 is 0. The predicted molar refractivity (Wildman–Crippen MR) is 109 cm³/mol. The van der Waals surface area contributed by atoms with Crippen LogP contribution >= 0.6 is 24.8 Å². The number of rotatable bonds is 6. The van der Waals surface area contributed by atoms with Gasteiger partial charge in [-0.05, 0) is 39.9 Å². The van der Waals surface area contributed by atoms with E-state index in [0.29, 0.717) is 24.3 Å². The summed E-state index contributed by atoms with van der Waals surface area (Å²) in [6.07, 6.45) is 2.15. The summed E-state index contributed by atoms with van der Waals surface area (Å²) < 4.78 is 5.31. The molecule has 9 heteroatoms. The van der Waals surface area contributed by atoms with Crippen molar-refractivity contribution in [2.45, 2.75) is 31.8 Å². The first kappa shape index (κ1) is 23.4. The minimum absolute atomic E-state index is 0. The molecule has 0 radical (unpaired) electrons. The van der Waals surface area contributed by atoms with Crippen molar-refractivity contribution >= 4 is 30.7 Å². The Kier molecular flexibility index (Phi) is 9.73. The second-order valence-electron chi connectivity index (χ2n) is 6.51. The van der Waals surface area contributed by atoms with Gasteiger partial charge in [-0.15, -0.1) is 24.8 Å². The molecular formula is C18H27Cl2N5O2. The third-order valence-electron chi connectivity index (χ3n) is 4.55. The van der Waals surface area contributed by atoms with Crippen molar-refractivity contribution in [3.05, 3.63) is 36.2 Å². The third kappa shape index (κ3) is 6.46. The van der Waals surface area contributed by atoms with Crippen LogP contribution in [0.2, 0.25) is 0 Å². The van der Waals surface area contributed by atoms with Crippen LogP contribution in [0.5, 0.6) is 0 Å². The molecule has 27 heavy (non-hydrogen) atoms. The maximum absolute atomic E-state index is 12.3. The fourth-order valence-electron chi connectivity index (χ4n) is 3.07. The fraction of sp³-hybridized carbons (Fsp3) is 0.500. The van der Waals surface area contributed by atoms with Gasteiger partial charge in [-0.2, -0.15) is 4.98 Å². The van der Waals surface area contributed by atoms with Gasteiger partial charge in [0.15, 0.2) is 0 Å². The number of likely N-dealkylation sites (N-methyl/N-ethyl adjacent to an activating group) is 1. The van der Waals surface area contributed by atoms with Crippen LogP contribution < -0.4 is 10.6 Å². The molecule has 3 rings (SSSR count). The van der Waals surface area contributed by atoms with Gasteiger partial charge < -0.3 is 15.2 Å². The molecule has 0 aliphatic carbocycles. The molecule has 1 unspecified atom stereocenters. The van der Waals surface area contributed by atoms with Crippen molar-refractivity contribution in [3.63, 3.8) is 0 Å². The quantitative estimate of drug-likeness (QED) is 0.753. The monoisotopic (exact) mass is 415 g/mol. The molecule has 0 spiro atoms. The van der Waals surface area contributed by atoms with Crippen molar-refractivity contribution in [1.82, 2.24) is 25.7 Å². The number of benzene rings is 1. The smallest absolute Gasteiger partial charge is 0.249 e. The second-order valence-corrected chi connectivity index (χ2v) is 6.51. The topological polar surface area (TPSA) is 83.3 Å². The lowest BCUT2D eigenvalue weighted by molar-refractivity contribution is -0.123. The number of amides is 1. The van der Waals surface area contributed by atoms with Crippen LogP contribution in [0.1, 0.15) is 31.7 Å². The number of halogens is 2. The van der Waals surface area contributed by atoms with Crippen molar-refractivity contribution in [2.75, 3.05) is 26.7 Å². The van der Waals surface area contributed by atoms with E-state index in [-0.39, 0.29) is 36.8 Å². The van der Waals surface area contributed by atoms with Crippen molar-refractivity contribution in [1.29, 1.82) is 0 Å². The maximum atomic E-state index is 12.3. The largest absolute Gasteiger partial charge is 0.343 e. The SMILES string of the molecule is CC(NC(=O)CN(C)C1CCNCC1)c1nc(-c2ccccc2)no1.Cl.Cl. The Morgan fingerprint density at radius 1 is 1.30 bits per heavy atom. The molecule has 2 N–H and O–H groups in total. The van der Waals surface area contributed by atoms with Gasteiger partial charge in [0.05, 0.1) is 6.54 Å². The van der Waals surface area contributed by atoms with Crippen molar-refractivity contribution < 1.29 is 9.32 Å². The molecule has 1 amide bonds. The second kappa shape index (κ2) is 11.2. The number of hydrogen-bond donors (Lipinski definition) is 2. The Bertz CT molecular complexity index is 692. The lowest BCUT2D eigenvalue weighted by atomic mass is 10.1. The van der Waals surface area contributed by atoms with Crippen molar-refractivity contribution in [3.8, 4) is 11.4 Å². The fourth-order valence-corrected chi connectivity index (χ4v) is 3.07. The normalized spacial score (nSPS) is 15.5. The van der Waals surface area contributed by atoms with E-state index in [0.717, 1.165) is 31.5 Å². The minimum Gasteiger partial charge on any atom is -0.343 e. The van der Waals surface area contributed by atoms with Gasteiger partial charge in [0.25, 0.3) is 0 Å². The van der Waals surface area contributed by atoms with Crippen LogP contribution in [-0.4, -0.2) is 53.7 Å². The highest BCUT2D eigenvalue weighted by Gasteiger charge is 2.22. The molecule has 2 heterocycles. The highest BCUT2D eigenvalue weighted by molar-refractivity contribution is 5.85. The Morgan fingerprint density at radius 2 is 1.96 bits per heavy atom. The van der Waals surface area contributed by atoms with E-state index < -0.39 is 0 Å². The van der Waals surface area contributed by atoms with Gasteiger partial charge in [0.2, 0.25) is 17.6 Å². The van der Waals surface area contributed by atoms with E-state index >= 15 is 0 Å². The first-order valence-corrected chi connectivity index (χ1v) is 8.73. The summed E-state index contributed by atoms with van der Waals surface area (Å²) in [5.74, 6) is 0.910. The molecule has 1 fully saturated rings. The van der Waals surface area contributed by atoms with Gasteiger partial charge in [-0.3, -0.25) is 9.69 Å². The zero-order valence-electron chi connectivity index (χ0n) is 15.6. The third-order valence-corrected chi connectivity index (χ3v) is 4.55. The molecule has 1 saturated heterocycles. The first-order valence-electron chi connectivity index (χ1n) is 8.73. The molecule has 1 aliphatic rings. The number of carbonyl (C=O) groups is 1. The standard InChI is InChI=1S/C18H25N5O2.2ClH/c1-13(18-21-17(22-25-18)14-6-4-3-5-7-14)20-16(24)12-23(2)15-8-10-19-11-9-15;;/h3-7,13,15,19H,8-12H2,1-2H3,(H,20,24);2*1H. The molecule has 7 nitrogen and oxygen atoms in total. The highest BCUT2D eigenvalue weighted by Crippen LogP contribution is 2.18.